The third kappa shape index (κ3) is 3.47. The standard InChI is InChI=1S/C17H14ClF3N6O2/c18-10-5-8(19)1-2-9(10)17(3-4-17)16-23-15(29-26-16)11-6-12(14(20)21)27(25-11)7-13(28)24-22/h1-2,5-6,14H,3-4,7,22H2,(H,24,28). The number of rotatable bonds is 6. The number of aromatic nitrogens is 4. The number of halogens is 4. The number of amides is 1. The minimum Gasteiger partial charge on any atom is -0.332 e. The maximum absolute atomic E-state index is 13.4. The SMILES string of the molecule is NNC(=O)Cn1nc(-c2nc(C3(c4ccc(F)cc4Cl)CC3)no2)cc1C(F)F. The van der Waals surface area contributed by atoms with Gasteiger partial charge in [0, 0.05) is 5.02 Å². The van der Waals surface area contributed by atoms with Gasteiger partial charge in [0.25, 0.3) is 18.2 Å². The van der Waals surface area contributed by atoms with Crippen LogP contribution in [0.3, 0.4) is 0 Å². The molecule has 8 nitrogen and oxygen atoms in total. The highest BCUT2D eigenvalue weighted by Crippen LogP contribution is 2.54. The van der Waals surface area contributed by atoms with E-state index in [2.05, 4.69) is 15.2 Å². The van der Waals surface area contributed by atoms with E-state index in [9.17, 15) is 18.0 Å². The van der Waals surface area contributed by atoms with Gasteiger partial charge < -0.3 is 4.52 Å². The van der Waals surface area contributed by atoms with Crippen LogP contribution < -0.4 is 11.3 Å². The Hall–Kier alpha value is -2.92. The normalized spacial score (nSPS) is 15.0. The summed E-state index contributed by atoms with van der Waals surface area (Å²) in [4.78, 5) is 15.7. The Morgan fingerprint density at radius 1 is 1.38 bits per heavy atom. The van der Waals surface area contributed by atoms with Gasteiger partial charge in [-0.05, 0) is 36.6 Å². The average molecular weight is 427 g/mol. The smallest absolute Gasteiger partial charge is 0.280 e. The molecule has 3 aromatic rings. The zero-order valence-corrected chi connectivity index (χ0v) is 15.5. The van der Waals surface area contributed by atoms with E-state index >= 15 is 0 Å². The van der Waals surface area contributed by atoms with Crippen LogP contribution in [0.2, 0.25) is 5.02 Å². The Balaban J connectivity index is 1.68. The number of nitrogens with two attached hydrogens (primary N) is 1. The van der Waals surface area contributed by atoms with Crippen LogP contribution >= 0.6 is 11.6 Å². The maximum Gasteiger partial charge on any atom is 0.280 e. The fourth-order valence-electron chi connectivity index (χ4n) is 3.16. The van der Waals surface area contributed by atoms with Gasteiger partial charge in [-0.2, -0.15) is 10.1 Å². The number of carbonyl (C=O) groups is 1. The van der Waals surface area contributed by atoms with Crippen molar-refractivity contribution >= 4 is 17.5 Å². The van der Waals surface area contributed by atoms with E-state index in [1.54, 1.807) is 6.07 Å². The Morgan fingerprint density at radius 2 is 2.14 bits per heavy atom. The molecule has 152 valence electrons. The number of hydrazine groups is 1. The highest BCUT2D eigenvalue weighted by atomic mass is 35.5. The van der Waals surface area contributed by atoms with Crippen LogP contribution in [0.25, 0.3) is 11.6 Å². The molecule has 2 aromatic heterocycles. The molecular formula is C17H14ClF3N6O2. The highest BCUT2D eigenvalue weighted by molar-refractivity contribution is 6.31. The van der Waals surface area contributed by atoms with Gasteiger partial charge in [-0.3, -0.25) is 14.9 Å². The van der Waals surface area contributed by atoms with Crippen LogP contribution in [0.5, 0.6) is 0 Å². The largest absolute Gasteiger partial charge is 0.332 e. The van der Waals surface area contributed by atoms with E-state index in [4.69, 9.17) is 22.0 Å². The number of hydrogen-bond acceptors (Lipinski definition) is 6. The molecule has 12 heteroatoms. The number of carbonyl (C=O) groups excluding carboxylic acids is 1. The lowest BCUT2D eigenvalue weighted by Crippen LogP contribution is -2.34. The molecule has 0 saturated heterocycles. The second kappa shape index (κ2) is 7.16. The Kier molecular flexibility index (Phi) is 4.79. The van der Waals surface area contributed by atoms with Crippen molar-refractivity contribution in [2.45, 2.75) is 31.2 Å². The van der Waals surface area contributed by atoms with E-state index in [1.165, 1.54) is 12.1 Å². The van der Waals surface area contributed by atoms with Gasteiger partial charge in [-0.15, -0.1) is 0 Å². The summed E-state index contributed by atoms with van der Waals surface area (Å²) in [6.45, 7) is -0.494. The zero-order chi connectivity index (χ0) is 20.8. The van der Waals surface area contributed by atoms with Crippen molar-refractivity contribution in [1.82, 2.24) is 25.3 Å². The summed E-state index contributed by atoms with van der Waals surface area (Å²) in [7, 11) is 0. The molecule has 4 rings (SSSR count). The first-order valence-electron chi connectivity index (χ1n) is 8.49. The molecule has 0 spiro atoms. The number of nitrogens with one attached hydrogen (secondary N) is 1. The lowest BCUT2D eigenvalue weighted by atomic mass is 9.95. The van der Waals surface area contributed by atoms with Gasteiger partial charge in [0.2, 0.25) is 0 Å². The molecule has 1 aromatic carbocycles. The number of nitrogens with zero attached hydrogens (tertiary/aromatic N) is 4. The van der Waals surface area contributed by atoms with Crippen LogP contribution in [-0.4, -0.2) is 25.8 Å². The topological polar surface area (TPSA) is 112 Å². The molecule has 1 amide bonds. The van der Waals surface area contributed by atoms with Crippen molar-refractivity contribution in [3.63, 3.8) is 0 Å². The van der Waals surface area contributed by atoms with Gasteiger partial charge >= 0.3 is 0 Å². The summed E-state index contributed by atoms with van der Waals surface area (Å²) in [6, 6.07) is 5.13. The molecule has 2 heterocycles. The lowest BCUT2D eigenvalue weighted by Gasteiger charge is -2.12. The minimum absolute atomic E-state index is 0.00938. The summed E-state index contributed by atoms with van der Waals surface area (Å²) < 4.78 is 46.0. The fourth-order valence-corrected chi connectivity index (χ4v) is 3.51. The van der Waals surface area contributed by atoms with Crippen LogP contribution in [0.1, 0.15) is 36.3 Å². The Bertz CT molecular complexity index is 1080. The van der Waals surface area contributed by atoms with Crippen molar-refractivity contribution in [2.24, 2.45) is 5.84 Å². The molecule has 1 fully saturated rings. The highest BCUT2D eigenvalue weighted by Gasteiger charge is 2.51. The lowest BCUT2D eigenvalue weighted by molar-refractivity contribution is -0.122. The van der Waals surface area contributed by atoms with Crippen molar-refractivity contribution in [3.8, 4) is 11.6 Å². The van der Waals surface area contributed by atoms with E-state index in [1.807, 2.05) is 5.43 Å². The zero-order valence-electron chi connectivity index (χ0n) is 14.7. The second-order valence-electron chi connectivity index (χ2n) is 6.61. The van der Waals surface area contributed by atoms with Crippen molar-refractivity contribution < 1.29 is 22.5 Å². The van der Waals surface area contributed by atoms with Gasteiger partial charge in [0.1, 0.15) is 18.1 Å². The predicted molar refractivity (Wildman–Crippen MR) is 94.2 cm³/mol. The van der Waals surface area contributed by atoms with E-state index in [0.29, 0.717) is 24.2 Å². The van der Waals surface area contributed by atoms with Crippen LogP contribution in [0, 0.1) is 5.82 Å². The fraction of sp³-hybridized carbons (Fsp3) is 0.294. The van der Waals surface area contributed by atoms with Crippen molar-refractivity contribution in [1.29, 1.82) is 0 Å². The van der Waals surface area contributed by atoms with Gasteiger partial charge in [0.15, 0.2) is 11.5 Å². The first-order chi connectivity index (χ1) is 13.8. The molecule has 0 unspecified atom stereocenters. The van der Waals surface area contributed by atoms with Gasteiger partial charge in [0.05, 0.1) is 5.41 Å². The second-order valence-corrected chi connectivity index (χ2v) is 7.02. The van der Waals surface area contributed by atoms with Gasteiger partial charge in [-0.25, -0.2) is 19.0 Å². The molecule has 29 heavy (non-hydrogen) atoms. The van der Waals surface area contributed by atoms with E-state index in [0.717, 1.165) is 10.7 Å². The number of benzene rings is 1. The maximum atomic E-state index is 13.4. The third-order valence-electron chi connectivity index (χ3n) is 4.76. The summed E-state index contributed by atoms with van der Waals surface area (Å²) in [5.41, 5.74) is 1.38. The van der Waals surface area contributed by atoms with Gasteiger partial charge in [-0.1, -0.05) is 22.8 Å². The quantitative estimate of drug-likeness (QED) is 0.356. The molecule has 0 bridgehead atoms. The summed E-state index contributed by atoms with van der Waals surface area (Å²) in [5.74, 6) is 4.05. The number of alkyl halides is 2. The molecule has 1 aliphatic rings. The third-order valence-corrected chi connectivity index (χ3v) is 5.07. The Labute approximate surface area is 166 Å². The summed E-state index contributed by atoms with van der Waals surface area (Å²) >= 11 is 6.18. The molecular weight excluding hydrogens is 413 g/mol. The van der Waals surface area contributed by atoms with Crippen LogP contribution in [0.15, 0.2) is 28.8 Å². The molecule has 0 radical (unpaired) electrons. The van der Waals surface area contributed by atoms with Crippen LogP contribution in [0.4, 0.5) is 13.2 Å². The predicted octanol–water partition coefficient (Wildman–Crippen LogP) is 2.73. The van der Waals surface area contributed by atoms with Crippen LogP contribution in [-0.2, 0) is 16.8 Å². The number of hydrogen-bond donors (Lipinski definition) is 2. The molecule has 0 aliphatic heterocycles. The molecule has 1 saturated carbocycles. The van der Waals surface area contributed by atoms with E-state index < -0.39 is 35.8 Å². The first kappa shape index (κ1) is 19.4. The first-order valence-corrected chi connectivity index (χ1v) is 8.87. The summed E-state index contributed by atoms with van der Waals surface area (Å²) in [5, 5.41) is 8.15. The van der Waals surface area contributed by atoms with E-state index in [-0.39, 0.29) is 16.6 Å². The molecule has 0 atom stereocenters. The molecule has 1 aliphatic carbocycles. The Morgan fingerprint density at radius 3 is 2.76 bits per heavy atom. The van der Waals surface area contributed by atoms with Crippen molar-refractivity contribution in [2.75, 3.05) is 0 Å². The summed E-state index contributed by atoms with van der Waals surface area (Å²) in [6.07, 6.45) is -1.54. The average Bonchev–Trinajstić information content (AvgIpc) is 3.13. The van der Waals surface area contributed by atoms with Crippen molar-refractivity contribution in [3.05, 3.63) is 52.2 Å². The minimum atomic E-state index is -2.88. The monoisotopic (exact) mass is 426 g/mol. The molecule has 3 N–H and O–H groups in total.